The maximum absolute atomic E-state index is 13.2. The molecule has 10 atom stereocenters. The van der Waals surface area contributed by atoms with E-state index in [0.29, 0.717) is 24.0 Å². The molecular formula is C33H46AcN2O8. The normalized spacial score (nSPS) is 39.9. The third-order valence-electron chi connectivity index (χ3n) is 9.65. The van der Waals surface area contributed by atoms with Crippen LogP contribution in [0.1, 0.15) is 53.2 Å². The minimum Gasteiger partial charge on any atom is -0.456 e. The van der Waals surface area contributed by atoms with Crippen LogP contribution in [0.4, 0.5) is 0 Å². The van der Waals surface area contributed by atoms with Crippen LogP contribution in [-0.2, 0) is 30.8 Å². The van der Waals surface area contributed by atoms with Gasteiger partial charge >= 0.3 is 5.97 Å². The van der Waals surface area contributed by atoms with Gasteiger partial charge in [0, 0.05) is 63.4 Å². The van der Waals surface area contributed by atoms with Crippen LogP contribution in [0, 0.1) is 67.7 Å². The van der Waals surface area contributed by atoms with Gasteiger partial charge in [0.25, 0.3) is 0 Å². The molecule has 5 rings (SSSR count). The Hall–Kier alpha value is -1.16. The number of carbonyl (C=O) groups excluding carboxylic acids is 1. The summed E-state index contributed by atoms with van der Waals surface area (Å²) in [6.45, 7) is 10.5. The van der Waals surface area contributed by atoms with Crippen molar-refractivity contribution in [2.75, 3.05) is 13.2 Å². The average molecular weight is 826 g/mol. The number of aliphatic hydroxyl groups is 3. The number of aromatic nitrogens is 2. The maximum Gasteiger partial charge on any atom is 0.331 e. The second-order valence-corrected chi connectivity index (χ2v) is 13.2. The first-order valence-corrected chi connectivity index (χ1v) is 15.2. The first-order valence-electron chi connectivity index (χ1n) is 15.2. The summed E-state index contributed by atoms with van der Waals surface area (Å²) < 4.78 is 26.4. The summed E-state index contributed by atoms with van der Waals surface area (Å²) in [6.07, 6.45) is 11.0. The summed E-state index contributed by atoms with van der Waals surface area (Å²) in [4.78, 5) is 17.4. The van der Waals surface area contributed by atoms with Gasteiger partial charge in [-0.25, -0.2) is 9.78 Å². The van der Waals surface area contributed by atoms with E-state index < -0.39 is 47.9 Å². The van der Waals surface area contributed by atoms with E-state index in [0.717, 1.165) is 12.0 Å². The standard InChI is InChI=1S/C33H46N2O8.Ac/c1-19(2)23-9-7-20(3)24-14-27(42-28(37)10-8-22-15-35(6)18-34-22)33(5)12-11-32(4,43-33)21(13-25(23)24)16-40-31-30(39)29(38)26(36)17-41-31;/h7-8,10-13,15,18-19,23-27,29-31,36,38-39H,9,14,16-17H2,1-6H3;/b10-8+,21-13-;/t23?,24-,25+,26?,27?,29?,30?,31?,32+,33-;/m0./s1. The molecule has 1 aromatic rings. The Morgan fingerprint density at radius 3 is 2.66 bits per heavy atom. The van der Waals surface area contributed by atoms with Gasteiger partial charge in [0.15, 0.2) is 6.29 Å². The van der Waals surface area contributed by atoms with E-state index in [4.69, 9.17) is 18.9 Å². The number of esters is 1. The Labute approximate surface area is 295 Å². The van der Waals surface area contributed by atoms with Crippen molar-refractivity contribution in [1.29, 1.82) is 0 Å². The van der Waals surface area contributed by atoms with Gasteiger partial charge in [-0.15, -0.1) is 0 Å². The average Bonchev–Trinajstić information content (AvgIpc) is 3.53. The molecule has 0 amide bonds. The molecule has 3 aliphatic heterocycles. The molecule has 1 radical (unpaired) electrons. The second-order valence-electron chi connectivity index (χ2n) is 13.2. The van der Waals surface area contributed by atoms with Gasteiger partial charge < -0.3 is 38.8 Å². The molecule has 239 valence electrons. The molecular weight excluding hydrogens is 779 g/mol. The zero-order valence-electron chi connectivity index (χ0n) is 26.5. The Morgan fingerprint density at radius 1 is 1.23 bits per heavy atom. The van der Waals surface area contributed by atoms with Crippen LogP contribution in [0.15, 0.2) is 54.1 Å². The number of hydrogen-bond donors (Lipinski definition) is 3. The fraction of sp³-hybridized carbons (Fsp3) is 0.636. The number of fused-ring (bicyclic) bond motifs is 3. The van der Waals surface area contributed by atoms with Crippen LogP contribution < -0.4 is 0 Å². The Morgan fingerprint density at radius 2 is 1.98 bits per heavy atom. The molecule has 1 saturated heterocycles. The van der Waals surface area contributed by atoms with Gasteiger partial charge in [-0.3, -0.25) is 0 Å². The van der Waals surface area contributed by atoms with Crippen molar-refractivity contribution in [1.82, 2.24) is 9.55 Å². The third-order valence-corrected chi connectivity index (χ3v) is 9.65. The van der Waals surface area contributed by atoms with Crippen molar-refractivity contribution >= 4 is 12.0 Å². The summed E-state index contributed by atoms with van der Waals surface area (Å²) in [6, 6.07) is 0. The van der Waals surface area contributed by atoms with Gasteiger partial charge in [-0.2, -0.15) is 0 Å². The summed E-state index contributed by atoms with van der Waals surface area (Å²) in [5.41, 5.74) is 0.984. The quantitative estimate of drug-likeness (QED) is 0.216. The van der Waals surface area contributed by atoms with E-state index in [1.807, 2.05) is 43.8 Å². The number of rotatable bonds is 7. The van der Waals surface area contributed by atoms with Crippen molar-refractivity contribution in [3.8, 4) is 0 Å². The third kappa shape index (κ3) is 7.52. The summed E-state index contributed by atoms with van der Waals surface area (Å²) in [5.74, 6) is 0.496. The second kappa shape index (κ2) is 14.3. The molecule has 1 aliphatic carbocycles. The fourth-order valence-electron chi connectivity index (χ4n) is 6.90. The van der Waals surface area contributed by atoms with Gasteiger partial charge in [-0.1, -0.05) is 37.6 Å². The van der Waals surface area contributed by atoms with E-state index >= 15 is 0 Å². The molecule has 10 nitrogen and oxygen atoms in total. The van der Waals surface area contributed by atoms with Crippen LogP contribution in [0.3, 0.4) is 0 Å². The molecule has 3 N–H and O–H groups in total. The number of aliphatic hydroxyl groups excluding tert-OH is 3. The molecule has 0 spiro atoms. The Kier molecular flexibility index (Phi) is 11.6. The minimum absolute atomic E-state index is 0. The first-order chi connectivity index (χ1) is 20.3. The largest absolute Gasteiger partial charge is 0.456 e. The van der Waals surface area contributed by atoms with Gasteiger partial charge in [-0.05, 0) is 75.0 Å². The Balaban J connectivity index is 0.00000442. The van der Waals surface area contributed by atoms with E-state index in [9.17, 15) is 20.1 Å². The summed E-state index contributed by atoms with van der Waals surface area (Å²) >= 11 is 0. The number of nitrogens with zero attached hydrogens (tertiary/aromatic N) is 2. The molecule has 11 heteroatoms. The molecule has 1 aromatic heterocycles. The SMILES string of the molecule is CC1=CCC(C(C)C)[C@H]2/C=C(/COC3OCC(O)C(O)C3O)[C@@]3(C)C=C[C@](C)(O3)C(OC(=O)/C=C/c3cn(C)cn3)C[C@@H]12.[Ac]. The molecule has 4 aliphatic rings. The predicted molar refractivity (Wildman–Crippen MR) is 159 cm³/mol. The number of imidazole rings is 1. The maximum atomic E-state index is 13.2. The van der Waals surface area contributed by atoms with Crippen LogP contribution in [0.5, 0.6) is 0 Å². The topological polar surface area (TPSA) is 132 Å². The Bertz CT molecular complexity index is 1310. The first kappa shape index (κ1) is 35.7. The van der Waals surface area contributed by atoms with E-state index in [2.05, 4.69) is 37.9 Å². The predicted octanol–water partition coefficient (Wildman–Crippen LogP) is 3.09. The minimum atomic E-state index is -1.39. The van der Waals surface area contributed by atoms with Gasteiger partial charge in [0.1, 0.15) is 35.6 Å². The van der Waals surface area contributed by atoms with Crippen molar-refractivity contribution in [2.45, 2.75) is 89.4 Å². The van der Waals surface area contributed by atoms with Crippen LogP contribution in [0.2, 0.25) is 0 Å². The van der Waals surface area contributed by atoms with E-state index in [1.165, 1.54) is 11.6 Å². The van der Waals surface area contributed by atoms with Crippen LogP contribution >= 0.6 is 0 Å². The molecule has 0 saturated carbocycles. The van der Waals surface area contributed by atoms with Gasteiger partial charge in [0.05, 0.1) is 25.2 Å². The zero-order chi connectivity index (χ0) is 31.1. The van der Waals surface area contributed by atoms with Gasteiger partial charge in [0.2, 0.25) is 0 Å². The van der Waals surface area contributed by atoms with Crippen LogP contribution in [-0.4, -0.2) is 86.0 Å². The summed E-state index contributed by atoms with van der Waals surface area (Å²) in [5, 5.41) is 30.6. The molecule has 4 heterocycles. The number of ether oxygens (including phenoxy) is 4. The molecule has 1 fully saturated rings. The molecule has 0 aromatic carbocycles. The summed E-state index contributed by atoms with van der Waals surface area (Å²) in [7, 11) is 1.87. The number of hydrogen-bond acceptors (Lipinski definition) is 9. The molecule has 44 heavy (non-hydrogen) atoms. The van der Waals surface area contributed by atoms with Crippen molar-refractivity contribution in [3.05, 3.63) is 59.7 Å². The fourth-order valence-corrected chi connectivity index (χ4v) is 6.90. The number of carbonyl (C=O) groups is 1. The van der Waals surface area contributed by atoms with Crippen molar-refractivity contribution in [2.24, 2.45) is 30.7 Å². The monoisotopic (exact) mass is 825 g/mol. The zero-order valence-corrected chi connectivity index (χ0v) is 31.2. The molecule has 6 unspecified atom stereocenters. The van der Waals surface area contributed by atoms with Crippen molar-refractivity contribution in [3.63, 3.8) is 0 Å². The van der Waals surface area contributed by atoms with E-state index in [1.54, 1.807) is 12.4 Å². The van der Waals surface area contributed by atoms with Crippen LogP contribution in [0.25, 0.3) is 6.08 Å². The smallest absolute Gasteiger partial charge is 0.331 e. The van der Waals surface area contributed by atoms with E-state index in [-0.39, 0.29) is 69.1 Å². The van der Waals surface area contributed by atoms with Crippen molar-refractivity contribution < 1.29 is 83.1 Å². The molecule has 2 bridgehead atoms. The number of allylic oxidation sites excluding steroid dienone is 3. The number of aryl methyl sites for hydroxylation is 1.